The van der Waals surface area contributed by atoms with Crippen LogP contribution in [-0.4, -0.2) is 74.2 Å². The molecule has 0 spiro atoms. The molecule has 2 atom stereocenters. The number of likely N-dealkylation sites (tertiary alicyclic amines) is 1. The van der Waals surface area contributed by atoms with Crippen molar-refractivity contribution in [3.05, 3.63) is 59.7 Å². The number of aromatic nitrogens is 3. The molecule has 11 heteroatoms. The van der Waals surface area contributed by atoms with Gasteiger partial charge in [-0.15, -0.1) is 0 Å². The highest BCUT2D eigenvalue weighted by Gasteiger charge is 2.32. The fraction of sp³-hybridized carbons (Fsp3) is 0.600. The van der Waals surface area contributed by atoms with Gasteiger partial charge >= 0.3 is 12.2 Å². The van der Waals surface area contributed by atoms with Crippen molar-refractivity contribution < 1.29 is 19.1 Å². The second-order valence-corrected chi connectivity index (χ2v) is 14.7. The predicted molar refractivity (Wildman–Crippen MR) is 178 cm³/mol. The number of nitrogens with zero attached hydrogens (tertiary/aromatic N) is 5. The van der Waals surface area contributed by atoms with Crippen LogP contribution in [0.1, 0.15) is 90.3 Å². The summed E-state index contributed by atoms with van der Waals surface area (Å²) in [6.07, 6.45) is 5.17. The Kier molecular flexibility index (Phi) is 10.2. The first-order chi connectivity index (χ1) is 21.8. The van der Waals surface area contributed by atoms with Gasteiger partial charge in [-0.2, -0.15) is 0 Å². The fourth-order valence-corrected chi connectivity index (χ4v) is 6.59. The molecule has 250 valence electrons. The molecule has 0 radical (unpaired) electrons. The third-order valence-electron chi connectivity index (χ3n) is 8.49. The Balaban J connectivity index is 1.34. The van der Waals surface area contributed by atoms with Crippen molar-refractivity contribution in [2.75, 3.05) is 20.1 Å². The van der Waals surface area contributed by atoms with Crippen molar-refractivity contribution in [3.8, 4) is 0 Å². The van der Waals surface area contributed by atoms with Gasteiger partial charge in [0.2, 0.25) is 0 Å². The number of carbonyl (C=O) groups excluding carboxylic acids is 2. The first kappa shape index (κ1) is 33.7. The zero-order valence-electron chi connectivity index (χ0n) is 28.5. The van der Waals surface area contributed by atoms with Crippen LogP contribution in [0.5, 0.6) is 0 Å². The monoisotopic (exact) mass is 633 g/mol. The number of pyridine rings is 1. The molecule has 2 aromatic heterocycles. The van der Waals surface area contributed by atoms with E-state index in [2.05, 4.69) is 56.3 Å². The molecule has 1 aromatic carbocycles. The highest BCUT2D eigenvalue weighted by atomic mass is 16.6. The van der Waals surface area contributed by atoms with Crippen molar-refractivity contribution in [1.82, 2.24) is 35.0 Å². The van der Waals surface area contributed by atoms with Crippen LogP contribution in [0.15, 0.2) is 42.6 Å². The lowest BCUT2D eigenvalue weighted by Gasteiger charge is -2.39. The van der Waals surface area contributed by atoms with Crippen LogP contribution in [0.4, 0.5) is 9.59 Å². The number of para-hydroxylation sites is 2. The van der Waals surface area contributed by atoms with Crippen LogP contribution in [0.2, 0.25) is 0 Å². The summed E-state index contributed by atoms with van der Waals surface area (Å²) in [6, 6.07) is 12.8. The predicted octanol–water partition coefficient (Wildman–Crippen LogP) is 5.99. The molecule has 0 saturated carbocycles. The van der Waals surface area contributed by atoms with Crippen LogP contribution in [-0.2, 0) is 29.0 Å². The highest BCUT2D eigenvalue weighted by molar-refractivity contribution is 5.76. The van der Waals surface area contributed by atoms with Crippen molar-refractivity contribution in [2.45, 2.75) is 110 Å². The second-order valence-electron chi connectivity index (χ2n) is 14.7. The number of ether oxygens (including phenoxy) is 2. The van der Waals surface area contributed by atoms with E-state index < -0.39 is 29.7 Å². The summed E-state index contributed by atoms with van der Waals surface area (Å²) in [5.74, 6) is 1.29. The summed E-state index contributed by atoms with van der Waals surface area (Å²) in [5.41, 5.74) is 3.27. The average molecular weight is 634 g/mol. The number of amides is 2. The Morgan fingerprint density at radius 2 is 1.67 bits per heavy atom. The summed E-state index contributed by atoms with van der Waals surface area (Å²) in [6.45, 7) is 13.7. The molecule has 2 aliphatic rings. The summed E-state index contributed by atoms with van der Waals surface area (Å²) in [7, 11) is 2.18. The third kappa shape index (κ3) is 8.76. The molecule has 3 aromatic rings. The van der Waals surface area contributed by atoms with Gasteiger partial charge in [-0.05, 0) is 110 Å². The van der Waals surface area contributed by atoms with Crippen molar-refractivity contribution in [3.63, 3.8) is 0 Å². The molecule has 0 unspecified atom stereocenters. The van der Waals surface area contributed by atoms with Gasteiger partial charge < -0.3 is 14.0 Å². The molecular formula is C35H51N7O4. The molecule has 1 saturated heterocycles. The van der Waals surface area contributed by atoms with Crippen molar-refractivity contribution in [1.29, 1.82) is 0 Å². The van der Waals surface area contributed by atoms with Gasteiger partial charge in [0, 0.05) is 25.8 Å². The maximum atomic E-state index is 12.8. The van der Waals surface area contributed by atoms with Gasteiger partial charge in [0.15, 0.2) is 6.29 Å². The van der Waals surface area contributed by atoms with E-state index in [-0.39, 0.29) is 12.0 Å². The summed E-state index contributed by atoms with van der Waals surface area (Å²) >= 11 is 0. The van der Waals surface area contributed by atoms with E-state index in [0.717, 1.165) is 55.5 Å². The molecule has 1 aliphatic heterocycles. The van der Waals surface area contributed by atoms with Gasteiger partial charge in [-0.3, -0.25) is 25.4 Å². The van der Waals surface area contributed by atoms with Gasteiger partial charge in [0.05, 0.1) is 29.3 Å². The Bertz CT molecular complexity index is 1480. The topological polar surface area (TPSA) is 114 Å². The number of alkyl carbamates (subject to hydrolysis) is 2. The van der Waals surface area contributed by atoms with Gasteiger partial charge in [-0.25, -0.2) is 14.6 Å². The van der Waals surface area contributed by atoms with E-state index in [9.17, 15) is 9.59 Å². The normalized spacial score (nSPS) is 19.2. The molecule has 5 rings (SSSR count). The van der Waals surface area contributed by atoms with Gasteiger partial charge in [0.1, 0.15) is 17.0 Å². The molecule has 1 aliphatic carbocycles. The zero-order valence-corrected chi connectivity index (χ0v) is 28.5. The molecule has 0 bridgehead atoms. The lowest BCUT2D eigenvalue weighted by atomic mass is 9.91. The molecule has 2 amide bonds. The number of nitrogens with one attached hydrogen (secondary N) is 2. The molecular weight excluding hydrogens is 582 g/mol. The summed E-state index contributed by atoms with van der Waals surface area (Å²) in [4.78, 5) is 40.1. The molecule has 11 nitrogen and oxygen atoms in total. The summed E-state index contributed by atoms with van der Waals surface area (Å²) < 4.78 is 13.4. The number of fused-ring (bicyclic) bond motifs is 2. The quantitative estimate of drug-likeness (QED) is 0.291. The van der Waals surface area contributed by atoms with E-state index in [4.69, 9.17) is 19.4 Å². The number of aryl methyl sites for hydroxylation is 1. The number of rotatable bonds is 8. The number of hydrogen-bond acceptors (Lipinski definition) is 8. The standard InChI is InChI=1S/C35H51N7O4/c1-34(2,3)45-32(43)38-31(39-33(44)46-35(4,5)6)41-20-12-13-24(21-41)22-42-27-17-9-8-16-26(27)37-29(42)23-40(7)28-18-10-14-25-15-11-19-36-30(25)28/h8-9,11,15-17,19,24,28,31H,10,12-14,18,20-23H2,1-7H3,(H,38,43)(H,39,44)/t24-,28-/m1/s1. The maximum Gasteiger partial charge on any atom is 0.410 e. The SMILES string of the molecule is CN(Cc1nc2ccccc2n1C[C@@H]1CCCN(C(NC(=O)OC(C)(C)C)NC(=O)OC(C)(C)C)C1)[C@@H]1CCCc2cccnc21. The van der Waals surface area contributed by atoms with Crippen LogP contribution in [0.3, 0.4) is 0 Å². The fourth-order valence-electron chi connectivity index (χ4n) is 6.59. The number of carbonyl (C=O) groups is 2. The minimum Gasteiger partial charge on any atom is -0.444 e. The first-order valence-electron chi connectivity index (χ1n) is 16.6. The van der Waals surface area contributed by atoms with Crippen LogP contribution in [0.25, 0.3) is 11.0 Å². The Hall–Kier alpha value is -3.70. The molecule has 3 heterocycles. The van der Waals surface area contributed by atoms with Crippen molar-refractivity contribution in [2.24, 2.45) is 5.92 Å². The smallest absolute Gasteiger partial charge is 0.410 e. The van der Waals surface area contributed by atoms with Gasteiger partial charge in [-0.1, -0.05) is 18.2 Å². The number of hydrogen-bond donors (Lipinski definition) is 2. The van der Waals surface area contributed by atoms with Crippen LogP contribution >= 0.6 is 0 Å². The maximum absolute atomic E-state index is 12.8. The van der Waals surface area contributed by atoms with Crippen LogP contribution < -0.4 is 10.6 Å². The average Bonchev–Trinajstić information content (AvgIpc) is 3.31. The lowest BCUT2D eigenvalue weighted by molar-refractivity contribution is 0.0169. The van der Waals surface area contributed by atoms with E-state index in [1.807, 2.05) is 59.9 Å². The molecule has 1 fully saturated rings. The lowest BCUT2D eigenvalue weighted by Crippen LogP contribution is -2.61. The van der Waals surface area contributed by atoms with E-state index in [1.54, 1.807) is 0 Å². The van der Waals surface area contributed by atoms with Crippen molar-refractivity contribution >= 4 is 23.2 Å². The largest absolute Gasteiger partial charge is 0.444 e. The number of piperidine rings is 1. The zero-order chi connectivity index (χ0) is 33.1. The minimum atomic E-state index is -0.781. The number of imidazole rings is 1. The number of benzene rings is 1. The molecule has 2 N–H and O–H groups in total. The first-order valence-corrected chi connectivity index (χ1v) is 16.6. The Morgan fingerprint density at radius 1 is 0.978 bits per heavy atom. The Morgan fingerprint density at radius 3 is 2.37 bits per heavy atom. The second kappa shape index (κ2) is 14.0. The van der Waals surface area contributed by atoms with E-state index in [0.29, 0.717) is 19.6 Å². The van der Waals surface area contributed by atoms with E-state index >= 15 is 0 Å². The Labute approximate surface area is 273 Å². The molecule has 46 heavy (non-hydrogen) atoms. The summed E-state index contributed by atoms with van der Waals surface area (Å²) in [5, 5.41) is 5.74. The van der Waals surface area contributed by atoms with Gasteiger partial charge in [0.25, 0.3) is 0 Å². The minimum absolute atomic E-state index is 0.252. The van der Waals surface area contributed by atoms with Crippen LogP contribution in [0, 0.1) is 5.92 Å². The highest BCUT2D eigenvalue weighted by Crippen LogP contribution is 2.33. The third-order valence-corrected chi connectivity index (χ3v) is 8.49. The van der Waals surface area contributed by atoms with E-state index in [1.165, 1.54) is 11.3 Å².